The first kappa shape index (κ1) is 18.8. The van der Waals surface area contributed by atoms with E-state index in [1.165, 1.54) is 0 Å². The fourth-order valence-corrected chi connectivity index (χ4v) is 2.76. The zero-order valence-corrected chi connectivity index (χ0v) is 15.7. The lowest BCUT2D eigenvalue weighted by Crippen LogP contribution is -2.12. The van der Waals surface area contributed by atoms with Crippen molar-refractivity contribution in [2.75, 3.05) is 19.5 Å². The number of halogens is 1. The molecule has 1 N–H and O–H groups in total. The highest BCUT2D eigenvalue weighted by molar-refractivity contribution is 6.33. The number of rotatable bonds is 7. The highest BCUT2D eigenvalue weighted by Gasteiger charge is 2.12. The van der Waals surface area contributed by atoms with E-state index in [4.69, 9.17) is 25.5 Å². The van der Waals surface area contributed by atoms with Crippen molar-refractivity contribution in [3.63, 3.8) is 0 Å². The molecule has 0 saturated carbocycles. The number of nitrogens with one attached hydrogen (secondary N) is 1. The van der Waals surface area contributed by atoms with Gasteiger partial charge in [0.2, 0.25) is 5.91 Å². The molecule has 0 aliphatic rings. The lowest BCUT2D eigenvalue weighted by atomic mass is 10.2. The Labute approximate surface area is 162 Å². The van der Waals surface area contributed by atoms with Crippen LogP contribution in [0.25, 0.3) is 11.3 Å². The molecule has 140 valence electrons. The maximum atomic E-state index is 12.2. The van der Waals surface area contributed by atoms with Crippen molar-refractivity contribution >= 4 is 23.2 Å². The number of carbonyl (C=O) groups is 1. The molecule has 1 amide bonds. The summed E-state index contributed by atoms with van der Waals surface area (Å²) >= 11 is 6.16. The normalized spacial score (nSPS) is 10.5. The van der Waals surface area contributed by atoms with Crippen LogP contribution in [0.4, 0.5) is 5.69 Å². The lowest BCUT2D eigenvalue weighted by molar-refractivity contribution is -0.116. The first-order valence-electron chi connectivity index (χ1n) is 8.31. The van der Waals surface area contributed by atoms with Gasteiger partial charge in [0.25, 0.3) is 0 Å². The fourth-order valence-electron chi connectivity index (χ4n) is 2.53. The molecule has 0 saturated heterocycles. The van der Waals surface area contributed by atoms with Crippen molar-refractivity contribution in [2.45, 2.75) is 12.8 Å². The number of aryl methyl sites for hydroxylation is 1. The molecule has 0 spiro atoms. The Kier molecular flexibility index (Phi) is 5.98. The minimum atomic E-state index is -0.164. The van der Waals surface area contributed by atoms with Crippen LogP contribution in [-0.4, -0.2) is 25.1 Å². The Morgan fingerprint density at radius 1 is 1.15 bits per heavy atom. The Morgan fingerprint density at radius 3 is 2.52 bits per heavy atom. The number of hydrogen-bond donors (Lipinski definition) is 1. The zero-order chi connectivity index (χ0) is 19.2. The minimum Gasteiger partial charge on any atom is -0.497 e. The molecule has 0 unspecified atom stereocenters. The predicted octanol–water partition coefficient (Wildman–Crippen LogP) is 4.58. The van der Waals surface area contributed by atoms with Crippen LogP contribution < -0.4 is 14.8 Å². The number of oxazole rings is 1. The molecule has 0 aliphatic heterocycles. The van der Waals surface area contributed by atoms with Crippen molar-refractivity contribution in [1.82, 2.24) is 4.98 Å². The van der Waals surface area contributed by atoms with Crippen molar-refractivity contribution in [3.05, 3.63) is 59.6 Å². The summed E-state index contributed by atoms with van der Waals surface area (Å²) in [5.74, 6) is 2.09. The molecule has 27 heavy (non-hydrogen) atoms. The third kappa shape index (κ3) is 4.80. The summed E-state index contributed by atoms with van der Waals surface area (Å²) in [4.78, 5) is 16.5. The van der Waals surface area contributed by atoms with Gasteiger partial charge in [0, 0.05) is 42.3 Å². The molecule has 7 heteroatoms. The summed E-state index contributed by atoms with van der Waals surface area (Å²) in [6, 6.07) is 12.5. The molecule has 1 heterocycles. The SMILES string of the molecule is COc1cc(NC(=O)CCc2ncc(-c3ccccc3Cl)o2)cc(OC)c1. The van der Waals surface area contributed by atoms with E-state index in [1.54, 1.807) is 44.7 Å². The van der Waals surface area contributed by atoms with Gasteiger partial charge in [0.1, 0.15) is 11.5 Å². The molecule has 6 nitrogen and oxygen atoms in total. The standard InChI is InChI=1S/C20H19ClN2O4/c1-25-14-9-13(10-15(11-14)26-2)23-19(24)7-8-20-22-12-18(27-20)16-5-3-4-6-17(16)21/h3-6,9-12H,7-8H2,1-2H3,(H,23,24). The summed E-state index contributed by atoms with van der Waals surface area (Å²) in [7, 11) is 3.11. The smallest absolute Gasteiger partial charge is 0.224 e. The first-order valence-corrected chi connectivity index (χ1v) is 8.69. The molecule has 0 bridgehead atoms. The monoisotopic (exact) mass is 386 g/mol. The second kappa shape index (κ2) is 8.60. The van der Waals surface area contributed by atoms with E-state index in [1.807, 2.05) is 18.2 Å². The highest BCUT2D eigenvalue weighted by atomic mass is 35.5. The fraction of sp³-hybridized carbons (Fsp3) is 0.200. The minimum absolute atomic E-state index is 0.164. The number of ether oxygens (including phenoxy) is 2. The number of benzene rings is 2. The second-order valence-corrected chi connectivity index (χ2v) is 6.15. The van der Waals surface area contributed by atoms with Gasteiger partial charge in [-0.3, -0.25) is 4.79 Å². The van der Waals surface area contributed by atoms with Gasteiger partial charge < -0.3 is 19.2 Å². The van der Waals surface area contributed by atoms with E-state index in [-0.39, 0.29) is 12.3 Å². The number of hydrogen-bond acceptors (Lipinski definition) is 5. The van der Waals surface area contributed by atoms with E-state index >= 15 is 0 Å². The van der Waals surface area contributed by atoms with Crippen LogP contribution in [0.3, 0.4) is 0 Å². The summed E-state index contributed by atoms with van der Waals surface area (Å²) in [6.07, 6.45) is 2.21. The van der Waals surface area contributed by atoms with Gasteiger partial charge in [0.05, 0.1) is 25.4 Å². The summed E-state index contributed by atoms with van der Waals surface area (Å²) < 4.78 is 16.1. The van der Waals surface area contributed by atoms with Gasteiger partial charge in [-0.25, -0.2) is 4.98 Å². The molecule has 1 aromatic heterocycles. The molecular weight excluding hydrogens is 368 g/mol. The van der Waals surface area contributed by atoms with E-state index in [2.05, 4.69) is 10.3 Å². The van der Waals surface area contributed by atoms with E-state index in [0.29, 0.717) is 40.3 Å². The molecule has 2 aromatic carbocycles. The average molecular weight is 387 g/mol. The van der Waals surface area contributed by atoms with Crippen LogP contribution in [0, 0.1) is 0 Å². The maximum absolute atomic E-state index is 12.2. The number of nitrogens with zero attached hydrogens (tertiary/aromatic N) is 1. The first-order chi connectivity index (χ1) is 13.1. The van der Waals surface area contributed by atoms with Crippen LogP contribution in [0.15, 0.2) is 53.1 Å². The maximum Gasteiger partial charge on any atom is 0.224 e. The molecule has 0 aliphatic carbocycles. The van der Waals surface area contributed by atoms with E-state index in [0.717, 1.165) is 5.56 Å². The third-order valence-electron chi connectivity index (χ3n) is 3.89. The van der Waals surface area contributed by atoms with Gasteiger partial charge in [-0.05, 0) is 12.1 Å². The number of carbonyl (C=O) groups excluding carboxylic acids is 1. The Hall–Kier alpha value is -2.99. The predicted molar refractivity (Wildman–Crippen MR) is 103 cm³/mol. The van der Waals surface area contributed by atoms with Gasteiger partial charge >= 0.3 is 0 Å². The molecule has 0 atom stereocenters. The van der Waals surface area contributed by atoms with Gasteiger partial charge in [0.15, 0.2) is 11.7 Å². The average Bonchev–Trinajstić information content (AvgIpc) is 3.15. The number of aromatic nitrogens is 1. The lowest BCUT2D eigenvalue weighted by Gasteiger charge is -2.09. The summed E-state index contributed by atoms with van der Waals surface area (Å²) in [6.45, 7) is 0. The van der Waals surface area contributed by atoms with Crippen LogP contribution in [-0.2, 0) is 11.2 Å². The van der Waals surface area contributed by atoms with Crippen LogP contribution in [0.1, 0.15) is 12.3 Å². The van der Waals surface area contributed by atoms with Crippen LogP contribution in [0.2, 0.25) is 5.02 Å². The molecule has 0 fully saturated rings. The summed E-state index contributed by atoms with van der Waals surface area (Å²) in [5, 5.41) is 3.41. The van der Waals surface area contributed by atoms with Crippen molar-refractivity contribution < 1.29 is 18.7 Å². The van der Waals surface area contributed by atoms with E-state index in [9.17, 15) is 4.79 Å². The van der Waals surface area contributed by atoms with Crippen molar-refractivity contribution in [2.24, 2.45) is 0 Å². The largest absolute Gasteiger partial charge is 0.497 e. The van der Waals surface area contributed by atoms with E-state index < -0.39 is 0 Å². The Bertz CT molecular complexity index is 917. The molecule has 3 rings (SSSR count). The number of methoxy groups -OCH3 is 2. The van der Waals surface area contributed by atoms with Crippen molar-refractivity contribution in [1.29, 1.82) is 0 Å². The van der Waals surface area contributed by atoms with Gasteiger partial charge in [-0.2, -0.15) is 0 Å². The second-order valence-electron chi connectivity index (χ2n) is 5.75. The van der Waals surface area contributed by atoms with Crippen LogP contribution >= 0.6 is 11.6 Å². The third-order valence-corrected chi connectivity index (χ3v) is 4.22. The van der Waals surface area contributed by atoms with Crippen molar-refractivity contribution in [3.8, 4) is 22.8 Å². The van der Waals surface area contributed by atoms with Gasteiger partial charge in [-0.1, -0.05) is 23.7 Å². The molecular formula is C20H19ClN2O4. The Morgan fingerprint density at radius 2 is 1.85 bits per heavy atom. The number of anilines is 1. The number of amides is 1. The van der Waals surface area contributed by atoms with Gasteiger partial charge in [-0.15, -0.1) is 0 Å². The molecule has 3 aromatic rings. The quantitative estimate of drug-likeness (QED) is 0.643. The van der Waals surface area contributed by atoms with Crippen LogP contribution in [0.5, 0.6) is 11.5 Å². The molecule has 0 radical (unpaired) electrons. The summed E-state index contributed by atoms with van der Waals surface area (Å²) in [5.41, 5.74) is 1.37. The topological polar surface area (TPSA) is 73.6 Å². The highest BCUT2D eigenvalue weighted by Crippen LogP contribution is 2.28. The zero-order valence-electron chi connectivity index (χ0n) is 15.0. The Balaban J connectivity index is 1.61.